The molecule has 1 heterocycles. The molecule has 1 rings (SSSR count). The first-order valence-corrected chi connectivity index (χ1v) is 5.52. The summed E-state index contributed by atoms with van der Waals surface area (Å²) in [6.07, 6.45) is -5.04. The summed E-state index contributed by atoms with van der Waals surface area (Å²) in [6.45, 7) is 0. The molecule has 16 heavy (non-hydrogen) atoms. The molecular formula is C7H3F3INO3S. The lowest BCUT2D eigenvalue weighted by atomic mass is 10.4. The van der Waals surface area contributed by atoms with Crippen LogP contribution in [-0.4, -0.2) is 23.2 Å². The smallest absolute Gasteiger partial charge is 0.471 e. The minimum atomic E-state index is -5.04. The van der Waals surface area contributed by atoms with E-state index in [9.17, 15) is 22.8 Å². The van der Waals surface area contributed by atoms with Crippen molar-refractivity contribution in [2.45, 2.75) is 6.18 Å². The summed E-state index contributed by atoms with van der Waals surface area (Å²) in [6, 6.07) is 1.16. The first-order valence-electron chi connectivity index (χ1n) is 3.62. The molecule has 0 fully saturated rings. The maximum atomic E-state index is 11.9. The molecule has 0 saturated carbocycles. The number of hydrogen-bond donors (Lipinski definition) is 2. The number of carbonyl (C=O) groups excluding carboxylic acids is 1. The van der Waals surface area contributed by atoms with Crippen LogP contribution in [-0.2, 0) is 4.79 Å². The second-order valence-electron chi connectivity index (χ2n) is 2.55. The molecule has 0 spiro atoms. The Morgan fingerprint density at radius 1 is 1.44 bits per heavy atom. The van der Waals surface area contributed by atoms with E-state index in [2.05, 4.69) is 0 Å². The predicted octanol–water partition coefficient (Wildman–Crippen LogP) is 2.55. The molecule has 0 radical (unpaired) electrons. The van der Waals surface area contributed by atoms with E-state index in [0.717, 1.165) is 11.3 Å². The molecule has 88 valence electrons. The van der Waals surface area contributed by atoms with Gasteiger partial charge in [0, 0.05) is 0 Å². The maximum absolute atomic E-state index is 11.9. The molecule has 0 bridgehead atoms. The van der Waals surface area contributed by atoms with Crippen molar-refractivity contribution in [3.8, 4) is 0 Å². The van der Waals surface area contributed by atoms with Gasteiger partial charge < -0.3 is 10.4 Å². The van der Waals surface area contributed by atoms with Crippen LogP contribution in [0.25, 0.3) is 0 Å². The number of rotatable bonds is 2. The second kappa shape index (κ2) is 4.57. The topological polar surface area (TPSA) is 66.4 Å². The maximum Gasteiger partial charge on any atom is 0.471 e. The number of thiophene rings is 1. The van der Waals surface area contributed by atoms with Gasteiger partial charge in [-0.25, -0.2) is 4.79 Å². The van der Waals surface area contributed by atoms with Crippen LogP contribution >= 0.6 is 33.9 Å². The molecule has 4 nitrogen and oxygen atoms in total. The van der Waals surface area contributed by atoms with Gasteiger partial charge in [-0.05, 0) is 28.7 Å². The molecular weight excluding hydrogens is 362 g/mol. The van der Waals surface area contributed by atoms with Crippen LogP contribution in [0.2, 0.25) is 0 Å². The molecule has 0 saturated heterocycles. The monoisotopic (exact) mass is 365 g/mol. The third kappa shape index (κ3) is 3.07. The summed E-state index contributed by atoms with van der Waals surface area (Å²) in [5.41, 5.74) is -0.343. The molecule has 1 aromatic heterocycles. The fourth-order valence-corrected chi connectivity index (χ4v) is 2.46. The minimum absolute atomic E-state index is 0.331. The molecule has 2 N–H and O–H groups in total. The van der Waals surface area contributed by atoms with Gasteiger partial charge in [-0.15, -0.1) is 11.3 Å². The highest BCUT2D eigenvalue weighted by Gasteiger charge is 2.39. The van der Waals surface area contributed by atoms with Crippen molar-refractivity contribution in [3.63, 3.8) is 0 Å². The zero-order chi connectivity index (χ0) is 12.5. The molecule has 9 heteroatoms. The van der Waals surface area contributed by atoms with E-state index in [-0.39, 0.29) is 10.6 Å². The Morgan fingerprint density at radius 2 is 2.00 bits per heavy atom. The summed E-state index contributed by atoms with van der Waals surface area (Å²) in [7, 11) is 0. The van der Waals surface area contributed by atoms with E-state index >= 15 is 0 Å². The molecule has 0 aliphatic carbocycles. The number of hydrogen-bond acceptors (Lipinski definition) is 3. The van der Waals surface area contributed by atoms with E-state index < -0.39 is 18.1 Å². The number of carbonyl (C=O) groups is 2. The molecule has 1 amide bonds. The standard InChI is InChI=1S/C7H3F3INO3S/c8-7(9,10)6(15)12-2-1-3(11)16-4(2)5(13)14/h1H,(H,12,15)(H,13,14). The molecule has 0 aliphatic heterocycles. The van der Waals surface area contributed by atoms with Gasteiger partial charge in [0.15, 0.2) is 0 Å². The predicted molar refractivity (Wildman–Crippen MR) is 58.7 cm³/mol. The Bertz CT molecular complexity index is 443. The number of nitrogens with one attached hydrogen (secondary N) is 1. The fraction of sp³-hybridized carbons (Fsp3) is 0.143. The van der Waals surface area contributed by atoms with Crippen molar-refractivity contribution in [2.24, 2.45) is 0 Å². The van der Waals surface area contributed by atoms with E-state index in [0.29, 0.717) is 2.88 Å². The first-order chi connectivity index (χ1) is 7.21. The van der Waals surface area contributed by atoms with Crippen LogP contribution in [0.1, 0.15) is 9.67 Å². The van der Waals surface area contributed by atoms with Gasteiger partial charge in [0.05, 0.1) is 8.57 Å². The number of alkyl halides is 3. The minimum Gasteiger partial charge on any atom is -0.477 e. The summed E-state index contributed by atoms with van der Waals surface area (Å²) in [4.78, 5) is 20.9. The van der Waals surface area contributed by atoms with Crippen molar-refractivity contribution in [1.82, 2.24) is 0 Å². The number of anilines is 1. The quantitative estimate of drug-likeness (QED) is 0.792. The van der Waals surface area contributed by atoms with Crippen LogP contribution in [0.15, 0.2) is 6.07 Å². The van der Waals surface area contributed by atoms with E-state index in [4.69, 9.17) is 5.11 Å². The van der Waals surface area contributed by atoms with Crippen molar-refractivity contribution in [3.05, 3.63) is 13.8 Å². The Morgan fingerprint density at radius 3 is 2.44 bits per heavy atom. The molecule has 0 aromatic carbocycles. The fourth-order valence-electron chi connectivity index (χ4n) is 0.806. The van der Waals surface area contributed by atoms with Crippen LogP contribution in [0.4, 0.5) is 18.9 Å². The lowest BCUT2D eigenvalue weighted by Crippen LogP contribution is -2.30. The zero-order valence-electron chi connectivity index (χ0n) is 7.26. The second-order valence-corrected chi connectivity index (χ2v) is 5.50. The van der Waals surface area contributed by atoms with Gasteiger partial charge in [-0.2, -0.15) is 13.2 Å². The first kappa shape index (κ1) is 13.2. The van der Waals surface area contributed by atoms with Crippen molar-refractivity contribution in [2.75, 3.05) is 5.32 Å². The van der Waals surface area contributed by atoms with Crippen molar-refractivity contribution >= 4 is 51.5 Å². The van der Waals surface area contributed by atoms with E-state index in [1.54, 1.807) is 22.6 Å². The zero-order valence-corrected chi connectivity index (χ0v) is 10.2. The van der Waals surface area contributed by atoms with Gasteiger partial charge in [0.25, 0.3) is 0 Å². The average Bonchev–Trinajstić information content (AvgIpc) is 2.45. The largest absolute Gasteiger partial charge is 0.477 e. The molecule has 0 aliphatic rings. The normalized spacial score (nSPS) is 11.2. The third-order valence-corrected chi connectivity index (χ3v) is 3.29. The third-order valence-electron chi connectivity index (χ3n) is 1.40. The lowest BCUT2D eigenvalue weighted by Gasteiger charge is -2.06. The van der Waals surface area contributed by atoms with E-state index in [1.165, 1.54) is 11.4 Å². The molecule has 0 unspecified atom stereocenters. The molecule has 1 aromatic rings. The Hall–Kier alpha value is -0.840. The Balaban J connectivity index is 2.98. The number of carboxylic acid groups (broad SMARTS) is 1. The van der Waals surface area contributed by atoms with Gasteiger partial charge in [0.1, 0.15) is 4.88 Å². The van der Waals surface area contributed by atoms with Gasteiger partial charge in [0.2, 0.25) is 0 Å². The van der Waals surface area contributed by atoms with Gasteiger partial charge in [-0.3, -0.25) is 4.79 Å². The molecule has 0 atom stereocenters. The SMILES string of the molecule is O=C(O)c1sc(I)cc1NC(=O)C(F)(F)F. The van der Waals surface area contributed by atoms with Crippen LogP contribution < -0.4 is 5.32 Å². The van der Waals surface area contributed by atoms with E-state index in [1.807, 2.05) is 0 Å². The lowest BCUT2D eigenvalue weighted by molar-refractivity contribution is -0.167. The summed E-state index contributed by atoms with van der Waals surface area (Å²) >= 11 is 2.53. The highest BCUT2D eigenvalue weighted by Crippen LogP contribution is 2.29. The van der Waals surface area contributed by atoms with Gasteiger partial charge in [-0.1, -0.05) is 0 Å². The summed E-state index contributed by atoms with van der Waals surface area (Å²) < 4.78 is 36.2. The van der Waals surface area contributed by atoms with Crippen LogP contribution in [0, 0.1) is 2.88 Å². The highest BCUT2D eigenvalue weighted by molar-refractivity contribution is 14.1. The summed E-state index contributed by atoms with van der Waals surface area (Å²) in [5.74, 6) is -3.57. The highest BCUT2D eigenvalue weighted by atomic mass is 127. The number of amides is 1. The van der Waals surface area contributed by atoms with Crippen molar-refractivity contribution in [1.29, 1.82) is 0 Å². The summed E-state index contributed by atoms with van der Waals surface area (Å²) in [5, 5.41) is 10.2. The van der Waals surface area contributed by atoms with Crippen LogP contribution in [0.3, 0.4) is 0 Å². The Labute approximate surface area is 105 Å². The number of halogens is 4. The van der Waals surface area contributed by atoms with Crippen molar-refractivity contribution < 1.29 is 27.9 Å². The van der Waals surface area contributed by atoms with Gasteiger partial charge >= 0.3 is 18.1 Å². The number of aromatic carboxylic acids is 1. The number of carboxylic acids is 1. The van der Waals surface area contributed by atoms with Crippen LogP contribution in [0.5, 0.6) is 0 Å². The Kier molecular flexibility index (Phi) is 3.78. The average molecular weight is 365 g/mol.